The summed E-state index contributed by atoms with van der Waals surface area (Å²) >= 11 is 0. The number of unbranched alkanes of at least 4 members (excludes halogenated alkanes) is 6. The number of nitrogens with zero attached hydrogens (tertiary/aromatic N) is 1. The first-order valence-electron chi connectivity index (χ1n) is 9.34. The van der Waals surface area contributed by atoms with Gasteiger partial charge in [0.1, 0.15) is 0 Å². The molecule has 1 N–H and O–H groups in total. The van der Waals surface area contributed by atoms with Crippen molar-refractivity contribution in [3.63, 3.8) is 0 Å². The molecule has 1 aliphatic rings. The van der Waals surface area contributed by atoms with E-state index in [-0.39, 0.29) is 18.1 Å². The Kier molecular flexibility index (Phi) is 10.2. The first kappa shape index (κ1) is 19.2. The highest BCUT2D eigenvalue weighted by Crippen LogP contribution is 2.21. The van der Waals surface area contributed by atoms with Crippen molar-refractivity contribution in [1.82, 2.24) is 4.90 Å². The molecule has 1 heterocycles. The summed E-state index contributed by atoms with van der Waals surface area (Å²) in [4.78, 5) is 14.0. The highest BCUT2D eigenvalue weighted by Gasteiger charge is 2.28. The Balaban J connectivity index is 2.32. The van der Waals surface area contributed by atoms with Gasteiger partial charge in [-0.15, -0.1) is 0 Å². The van der Waals surface area contributed by atoms with E-state index in [2.05, 4.69) is 19.9 Å². The van der Waals surface area contributed by atoms with E-state index in [0.717, 1.165) is 32.2 Å². The smallest absolute Gasteiger partial charge is 0.223 e. The standard InChI is InChI=1S/C19H35NO2/c1-3-5-7-8-10-16-20-17(13-15-19(20)22)12-14-18(21)11-9-6-4-2/h12,14,17-18,21H,3-11,13,15-16H2,1-2H3/b14-12+. The maximum Gasteiger partial charge on any atom is 0.223 e. The Bertz CT molecular complexity index is 327. The largest absolute Gasteiger partial charge is 0.389 e. The van der Waals surface area contributed by atoms with Crippen LogP contribution in [0.2, 0.25) is 0 Å². The molecule has 128 valence electrons. The van der Waals surface area contributed by atoms with E-state index in [9.17, 15) is 9.90 Å². The van der Waals surface area contributed by atoms with Crippen molar-refractivity contribution in [3.05, 3.63) is 12.2 Å². The number of carbonyl (C=O) groups excluding carboxylic acids is 1. The molecule has 0 aliphatic carbocycles. The molecule has 0 saturated carbocycles. The van der Waals surface area contributed by atoms with E-state index >= 15 is 0 Å². The first-order chi connectivity index (χ1) is 10.7. The van der Waals surface area contributed by atoms with Gasteiger partial charge in [-0.25, -0.2) is 0 Å². The zero-order valence-corrected chi connectivity index (χ0v) is 14.6. The topological polar surface area (TPSA) is 40.5 Å². The minimum Gasteiger partial charge on any atom is -0.389 e. The van der Waals surface area contributed by atoms with Crippen molar-refractivity contribution in [2.45, 2.75) is 96.6 Å². The molecule has 2 unspecified atom stereocenters. The van der Waals surface area contributed by atoms with Gasteiger partial charge < -0.3 is 10.0 Å². The van der Waals surface area contributed by atoms with Crippen molar-refractivity contribution in [1.29, 1.82) is 0 Å². The van der Waals surface area contributed by atoms with Crippen molar-refractivity contribution in [3.8, 4) is 0 Å². The predicted molar refractivity (Wildman–Crippen MR) is 92.8 cm³/mol. The number of rotatable bonds is 12. The highest BCUT2D eigenvalue weighted by atomic mass is 16.3. The Morgan fingerprint density at radius 3 is 2.55 bits per heavy atom. The normalized spacial score (nSPS) is 20.2. The van der Waals surface area contributed by atoms with Crippen LogP contribution in [0.15, 0.2) is 12.2 Å². The zero-order valence-electron chi connectivity index (χ0n) is 14.6. The van der Waals surface area contributed by atoms with Crippen LogP contribution in [-0.2, 0) is 4.79 Å². The third-order valence-electron chi connectivity index (χ3n) is 4.54. The Morgan fingerprint density at radius 2 is 1.82 bits per heavy atom. The fourth-order valence-corrected chi connectivity index (χ4v) is 3.09. The lowest BCUT2D eigenvalue weighted by atomic mass is 10.1. The maximum atomic E-state index is 12.0. The second kappa shape index (κ2) is 11.7. The van der Waals surface area contributed by atoms with Crippen molar-refractivity contribution < 1.29 is 9.90 Å². The maximum absolute atomic E-state index is 12.0. The second-order valence-corrected chi connectivity index (χ2v) is 6.56. The second-order valence-electron chi connectivity index (χ2n) is 6.56. The van der Waals surface area contributed by atoms with Crippen LogP contribution in [0.1, 0.15) is 84.5 Å². The summed E-state index contributed by atoms with van der Waals surface area (Å²) < 4.78 is 0. The molecule has 1 rings (SSSR count). The summed E-state index contributed by atoms with van der Waals surface area (Å²) in [5.74, 6) is 0.283. The van der Waals surface area contributed by atoms with Crippen LogP contribution in [0, 0.1) is 0 Å². The van der Waals surface area contributed by atoms with Crippen LogP contribution >= 0.6 is 0 Å². The molecule has 0 radical (unpaired) electrons. The van der Waals surface area contributed by atoms with E-state index in [1.54, 1.807) is 0 Å². The molecule has 0 aromatic rings. The fraction of sp³-hybridized carbons (Fsp3) is 0.842. The quantitative estimate of drug-likeness (QED) is 0.427. The van der Waals surface area contributed by atoms with E-state index in [1.165, 1.54) is 38.5 Å². The average molecular weight is 309 g/mol. The first-order valence-corrected chi connectivity index (χ1v) is 9.34. The van der Waals surface area contributed by atoms with Crippen molar-refractivity contribution in [2.75, 3.05) is 6.54 Å². The SMILES string of the molecule is CCCCCCCN1C(=O)CCC1/C=C/C(O)CCCCC. The number of carbonyl (C=O) groups is 1. The fourth-order valence-electron chi connectivity index (χ4n) is 3.09. The molecule has 0 spiro atoms. The number of aliphatic hydroxyl groups is 1. The lowest BCUT2D eigenvalue weighted by molar-refractivity contribution is -0.128. The summed E-state index contributed by atoms with van der Waals surface area (Å²) in [5.41, 5.74) is 0. The number of aliphatic hydroxyl groups excluding tert-OH is 1. The molecule has 0 bridgehead atoms. The van der Waals surface area contributed by atoms with Gasteiger partial charge in [-0.05, 0) is 19.3 Å². The van der Waals surface area contributed by atoms with Crippen LogP contribution in [0.25, 0.3) is 0 Å². The molecule has 3 nitrogen and oxygen atoms in total. The third kappa shape index (κ3) is 7.44. The van der Waals surface area contributed by atoms with Gasteiger partial charge >= 0.3 is 0 Å². The van der Waals surface area contributed by atoms with Gasteiger partial charge in [0, 0.05) is 13.0 Å². The summed E-state index contributed by atoms with van der Waals surface area (Å²) in [7, 11) is 0. The molecule has 0 aromatic carbocycles. The molecule has 3 heteroatoms. The number of likely N-dealkylation sites (tertiary alicyclic amines) is 1. The lowest BCUT2D eigenvalue weighted by Gasteiger charge is -2.22. The molecular weight excluding hydrogens is 274 g/mol. The van der Waals surface area contributed by atoms with Crippen molar-refractivity contribution in [2.24, 2.45) is 0 Å². The van der Waals surface area contributed by atoms with Gasteiger partial charge in [-0.2, -0.15) is 0 Å². The van der Waals surface area contributed by atoms with Crippen LogP contribution in [0.3, 0.4) is 0 Å². The predicted octanol–water partition coefficient (Wildman–Crippen LogP) is 4.45. The minimum absolute atomic E-state index is 0.208. The van der Waals surface area contributed by atoms with E-state index < -0.39 is 0 Å². The molecule has 2 atom stereocenters. The molecule has 22 heavy (non-hydrogen) atoms. The van der Waals surface area contributed by atoms with Crippen LogP contribution in [0.4, 0.5) is 0 Å². The minimum atomic E-state index is -0.353. The third-order valence-corrected chi connectivity index (χ3v) is 4.54. The van der Waals surface area contributed by atoms with E-state index in [0.29, 0.717) is 6.42 Å². The Labute approximate surface area is 136 Å². The van der Waals surface area contributed by atoms with Gasteiger partial charge in [-0.3, -0.25) is 4.79 Å². The lowest BCUT2D eigenvalue weighted by Crippen LogP contribution is -2.32. The average Bonchev–Trinajstić information content (AvgIpc) is 2.86. The molecular formula is C19H35NO2. The number of hydrogen-bond acceptors (Lipinski definition) is 2. The van der Waals surface area contributed by atoms with Crippen LogP contribution in [-0.4, -0.2) is 34.6 Å². The molecule has 1 fully saturated rings. The summed E-state index contributed by atoms with van der Waals surface area (Å²) in [6.07, 6.45) is 15.6. The Morgan fingerprint density at radius 1 is 1.14 bits per heavy atom. The highest BCUT2D eigenvalue weighted by molar-refractivity contribution is 5.79. The summed E-state index contributed by atoms with van der Waals surface area (Å²) in [6.45, 7) is 5.27. The Hall–Kier alpha value is -0.830. The number of hydrogen-bond donors (Lipinski definition) is 1. The van der Waals surface area contributed by atoms with Crippen LogP contribution < -0.4 is 0 Å². The van der Waals surface area contributed by atoms with Crippen LogP contribution in [0.5, 0.6) is 0 Å². The van der Waals surface area contributed by atoms with Crippen molar-refractivity contribution >= 4 is 5.91 Å². The number of amides is 1. The van der Waals surface area contributed by atoms with Gasteiger partial charge in [-0.1, -0.05) is 70.9 Å². The molecule has 1 aliphatic heterocycles. The van der Waals surface area contributed by atoms with Gasteiger partial charge in [0.25, 0.3) is 0 Å². The van der Waals surface area contributed by atoms with E-state index in [4.69, 9.17) is 0 Å². The molecule has 1 amide bonds. The summed E-state index contributed by atoms with van der Waals surface area (Å²) in [6, 6.07) is 0.208. The molecule has 1 saturated heterocycles. The van der Waals surface area contributed by atoms with Gasteiger partial charge in [0.05, 0.1) is 12.1 Å². The monoisotopic (exact) mass is 309 g/mol. The van der Waals surface area contributed by atoms with Gasteiger partial charge in [0.15, 0.2) is 0 Å². The summed E-state index contributed by atoms with van der Waals surface area (Å²) in [5, 5.41) is 9.97. The van der Waals surface area contributed by atoms with Gasteiger partial charge in [0.2, 0.25) is 5.91 Å². The van der Waals surface area contributed by atoms with E-state index in [1.807, 2.05) is 11.0 Å². The molecule has 0 aromatic heterocycles. The zero-order chi connectivity index (χ0) is 16.2.